The Bertz CT molecular complexity index is 463. The van der Waals surface area contributed by atoms with Gasteiger partial charge >= 0.3 is 0 Å². The van der Waals surface area contributed by atoms with Crippen molar-refractivity contribution < 1.29 is 4.74 Å². The highest BCUT2D eigenvalue weighted by atomic mass is 33.1. The highest BCUT2D eigenvalue weighted by Crippen LogP contribution is 2.39. The van der Waals surface area contributed by atoms with Crippen LogP contribution < -0.4 is 5.32 Å². The van der Waals surface area contributed by atoms with Crippen LogP contribution in [0.5, 0.6) is 0 Å². The highest BCUT2D eigenvalue weighted by Gasteiger charge is 2.15. The molecule has 0 spiro atoms. The molecular formula is C11H12N2OS3. The van der Waals surface area contributed by atoms with E-state index in [1.165, 1.54) is 4.70 Å². The molecule has 1 atom stereocenters. The van der Waals surface area contributed by atoms with Crippen LogP contribution in [0.15, 0.2) is 28.6 Å². The first kappa shape index (κ1) is 11.8. The molecule has 0 saturated carbocycles. The van der Waals surface area contributed by atoms with Crippen molar-refractivity contribution in [3.8, 4) is 0 Å². The zero-order valence-electron chi connectivity index (χ0n) is 9.09. The Balaban J connectivity index is 1.64. The van der Waals surface area contributed by atoms with Crippen molar-refractivity contribution in [3.05, 3.63) is 24.3 Å². The maximum Gasteiger partial charge on any atom is 0.161 e. The number of benzene rings is 1. The van der Waals surface area contributed by atoms with E-state index in [1.54, 1.807) is 32.9 Å². The summed E-state index contributed by atoms with van der Waals surface area (Å²) in [6, 6.07) is 8.24. The fourth-order valence-corrected chi connectivity index (χ4v) is 5.06. The van der Waals surface area contributed by atoms with E-state index >= 15 is 0 Å². The molecule has 3 rings (SSSR count). The molecule has 1 fully saturated rings. The fraction of sp³-hybridized carbons (Fsp3) is 0.364. The summed E-state index contributed by atoms with van der Waals surface area (Å²) in [6.07, 6.45) is 0. The van der Waals surface area contributed by atoms with E-state index in [9.17, 15) is 0 Å². The number of thiazole rings is 1. The van der Waals surface area contributed by atoms with Crippen LogP contribution in [-0.2, 0) is 4.74 Å². The van der Waals surface area contributed by atoms with Crippen LogP contribution in [0, 0.1) is 0 Å². The Hall–Kier alpha value is -0.270. The minimum atomic E-state index is 0.237. The number of nitrogens with one attached hydrogen (secondary N) is 1. The smallest absolute Gasteiger partial charge is 0.161 e. The van der Waals surface area contributed by atoms with Crippen LogP contribution in [0.4, 0.5) is 0 Å². The molecule has 1 aromatic heterocycles. The summed E-state index contributed by atoms with van der Waals surface area (Å²) in [4.78, 5) is 4.58. The van der Waals surface area contributed by atoms with Crippen LogP contribution in [-0.4, -0.2) is 30.1 Å². The summed E-state index contributed by atoms with van der Waals surface area (Å²) in [5.74, 6) is 0. The van der Waals surface area contributed by atoms with Gasteiger partial charge in [0.25, 0.3) is 0 Å². The van der Waals surface area contributed by atoms with Crippen molar-refractivity contribution in [2.75, 3.05) is 19.7 Å². The number of hydrogen-bond acceptors (Lipinski definition) is 6. The molecule has 0 amide bonds. The predicted octanol–water partition coefficient (Wildman–Crippen LogP) is 2.98. The molecular weight excluding hydrogens is 272 g/mol. The molecule has 90 valence electrons. The summed E-state index contributed by atoms with van der Waals surface area (Å²) >= 11 is 1.74. The standard InChI is InChI=1S/C11H12N2OS3/c1-2-4-9-8(3-1)13-11(15-9)17-16-10-7-12-5-6-14-10/h1-4,10,12H,5-7H2. The van der Waals surface area contributed by atoms with Gasteiger partial charge in [-0.25, -0.2) is 4.98 Å². The zero-order valence-corrected chi connectivity index (χ0v) is 11.5. The van der Waals surface area contributed by atoms with Crippen LogP contribution >= 0.6 is 32.9 Å². The van der Waals surface area contributed by atoms with Crippen LogP contribution in [0.2, 0.25) is 0 Å². The second-order valence-electron chi connectivity index (χ2n) is 3.63. The van der Waals surface area contributed by atoms with Gasteiger partial charge in [0, 0.05) is 13.1 Å². The summed E-state index contributed by atoms with van der Waals surface area (Å²) in [5, 5.41) is 3.32. The maximum absolute atomic E-state index is 5.63. The summed E-state index contributed by atoms with van der Waals surface area (Å²) in [7, 11) is 3.46. The van der Waals surface area contributed by atoms with Gasteiger partial charge in [-0.2, -0.15) is 0 Å². The lowest BCUT2D eigenvalue weighted by atomic mass is 10.3. The largest absolute Gasteiger partial charge is 0.364 e. The van der Waals surface area contributed by atoms with E-state index in [1.807, 2.05) is 6.07 Å². The number of nitrogens with zero attached hydrogens (tertiary/aromatic N) is 1. The first-order chi connectivity index (χ1) is 8.42. The van der Waals surface area contributed by atoms with Gasteiger partial charge in [0.15, 0.2) is 4.34 Å². The fourth-order valence-electron chi connectivity index (χ4n) is 1.58. The number of para-hydroxylation sites is 1. The molecule has 1 unspecified atom stereocenters. The predicted molar refractivity (Wildman–Crippen MR) is 75.7 cm³/mol. The van der Waals surface area contributed by atoms with Crippen molar-refractivity contribution in [1.29, 1.82) is 0 Å². The molecule has 3 nitrogen and oxygen atoms in total. The average Bonchev–Trinajstić information content (AvgIpc) is 2.80. The molecule has 1 aliphatic heterocycles. The first-order valence-corrected chi connectivity index (χ1v) is 8.46. The van der Waals surface area contributed by atoms with Crippen LogP contribution in [0.3, 0.4) is 0 Å². The van der Waals surface area contributed by atoms with Gasteiger partial charge in [0.05, 0.1) is 16.8 Å². The normalized spacial score (nSPS) is 20.8. The molecule has 1 aromatic carbocycles. The average molecular weight is 284 g/mol. The number of hydrogen-bond donors (Lipinski definition) is 1. The van der Waals surface area contributed by atoms with Crippen molar-refractivity contribution in [2.45, 2.75) is 9.78 Å². The van der Waals surface area contributed by atoms with Gasteiger partial charge in [-0.1, -0.05) is 22.9 Å². The minimum Gasteiger partial charge on any atom is -0.364 e. The van der Waals surface area contributed by atoms with E-state index < -0.39 is 0 Å². The molecule has 0 bridgehead atoms. The SMILES string of the molecule is c1ccc2sc(SSC3CNCCO3)nc2c1. The molecule has 17 heavy (non-hydrogen) atoms. The highest BCUT2D eigenvalue weighted by molar-refractivity contribution is 8.77. The number of rotatable bonds is 3. The van der Waals surface area contributed by atoms with Crippen molar-refractivity contribution in [2.24, 2.45) is 0 Å². The molecule has 2 aromatic rings. The van der Waals surface area contributed by atoms with Gasteiger partial charge in [-0.15, -0.1) is 11.3 Å². The van der Waals surface area contributed by atoms with Gasteiger partial charge in [-0.3, -0.25) is 0 Å². The minimum absolute atomic E-state index is 0.237. The zero-order chi connectivity index (χ0) is 11.5. The molecule has 6 heteroatoms. The van der Waals surface area contributed by atoms with Crippen LogP contribution in [0.25, 0.3) is 10.2 Å². The number of ether oxygens (including phenoxy) is 1. The Kier molecular flexibility index (Phi) is 3.87. The van der Waals surface area contributed by atoms with Crippen LogP contribution in [0.1, 0.15) is 0 Å². The molecule has 2 heterocycles. The third-order valence-electron chi connectivity index (χ3n) is 2.39. The van der Waals surface area contributed by atoms with E-state index in [0.717, 1.165) is 29.6 Å². The Morgan fingerprint density at radius 2 is 2.35 bits per heavy atom. The summed E-state index contributed by atoms with van der Waals surface area (Å²) < 4.78 is 7.98. The van der Waals surface area contributed by atoms with Crippen molar-refractivity contribution >= 4 is 43.1 Å². The Morgan fingerprint density at radius 1 is 1.41 bits per heavy atom. The lowest BCUT2D eigenvalue weighted by Gasteiger charge is -2.21. The number of morpholine rings is 1. The Labute approximate surface area is 112 Å². The van der Waals surface area contributed by atoms with E-state index in [0.29, 0.717) is 0 Å². The molecule has 0 aliphatic carbocycles. The molecule has 1 aliphatic rings. The third kappa shape index (κ3) is 2.95. The van der Waals surface area contributed by atoms with Gasteiger partial charge < -0.3 is 10.1 Å². The summed E-state index contributed by atoms with van der Waals surface area (Å²) in [5.41, 5.74) is 1.32. The lowest BCUT2D eigenvalue weighted by Crippen LogP contribution is -2.36. The quantitative estimate of drug-likeness (QED) is 0.877. The van der Waals surface area contributed by atoms with Crippen molar-refractivity contribution in [1.82, 2.24) is 10.3 Å². The van der Waals surface area contributed by atoms with E-state index in [4.69, 9.17) is 4.74 Å². The van der Waals surface area contributed by atoms with Crippen molar-refractivity contribution in [3.63, 3.8) is 0 Å². The second kappa shape index (κ2) is 5.58. The van der Waals surface area contributed by atoms with Gasteiger partial charge in [0.2, 0.25) is 0 Å². The van der Waals surface area contributed by atoms with Gasteiger partial charge in [0.1, 0.15) is 5.44 Å². The second-order valence-corrected chi connectivity index (χ2v) is 7.27. The third-order valence-corrected chi connectivity index (χ3v) is 6.30. The molecule has 0 radical (unpaired) electrons. The monoisotopic (exact) mass is 284 g/mol. The van der Waals surface area contributed by atoms with E-state index in [2.05, 4.69) is 28.5 Å². The first-order valence-electron chi connectivity index (χ1n) is 5.43. The Morgan fingerprint density at radius 3 is 3.18 bits per heavy atom. The van der Waals surface area contributed by atoms with Gasteiger partial charge in [-0.05, 0) is 22.9 Å². The molecule has 1 N–H and O–H groups in total. The lowest BCUT2D eigenvalue weighted by molar-refractivity contribution is 0.0862. The number of fused-ring (bicyclic) bond motifs is 1. The summed E-state index contributed by atoms with van der Waals surface area (Å²) in [6.45, 7) is 2.68. The molecule has 1 saturated heterocycles. The van der Waals surface area contributed by atoms with E-state index in [-0.39, 0.29) is 5.44 Å². The topological polar surface area (TPSA) is 34.1 Å². The number of aromatic nitrogens is 1. The maximum atomic E-state index is 5.63.